The number of benzene rings is 2. The molecule has 1 heterocycles. The van der Waals surface area contributed by atoms with Gasteiger partial charge in [-0.1, -0.05) is 19.4 Å². The number of rotatable bonds is 9. The Morgan fingerprint density at radius 2 is 1.78 bits per heavy atom. The number of amides is 1. The number of ether oxygens (including phenoxy) is 1. The highest BCUT2D eigenvalue weighted by atomic mass is 19.1. The summed E-state index contributed by atoms with van der Waals surface area (Å²) in [5.41, 5.74) is 1.62. The predicted octanol–water partition coefficient (Wildman–Crippen LogP) is 6.87. The zero-order chi connectivity index (χ0) is 25.1. The van der Waals surface area contributed by atoms with Gasteiger partial charge in [0.1, 0.15) is 11.6 Å². The van der Waals surface area contributed by atoms with Gasteiger partial charge in [0.05, 0.1) is 0 Å². The van der Waals surface area contributed by atoms with Crippen molar-refractivity contribution >= 4 is 5.91 Å². The van der Waals surface area contributed by atoms with Gasteiger partial charge in [-0.2, -0.15) is 0 Å². The molecule has 1 atom stereocenters. The average Bonchev–Trinajstić information content (AvgIpc) is 3.70. The first kappa shape index (κ1) is 25.2. The van der Waals surface area contributed by atoms with E-state index >= 15 is 0 Å². The molecule has 3 aliphatic rings. The van der Waals surface area contributed by atoms with E-state index in [1.54, 1.807) is 12.1 Å². The Morgan fingerprint density at radius 1 is 1.03 bits per heavy atom. The summed E-state index contributed by atoms with van der Waals surface area (Å²) in [6, 6.07) is 10.1. The van der Waals surface area contributed by atoms with Crippen LogP contribution in [0.1, 0.15) is 80.6 Å². The van der Waals surface area contributed by atoms with Crippen LogP contribution in [0.25, 0.3) is 0 Å². The van der Waals surface area contributed by atoms with Crippen molar-refractivity contribution in [2.24, 2.45) is 11.8 Å². The van der Waals surface area contributed by atoms with Gasteiger partial charge < -0.3 is 15.0 Å². The molecule has 0 saturated heterocycles. The SMILES string of the molecule is CC(CCC1CCC(NC2CC2)CC1)CN1CCCc2ccc(Oc3ccc(F)cc3F)cc2C1=O. The van der Waals surface area contributed by atoms with E-state index in [1.165, 1.54) is 51.0 Å². The minimum absolute atomic E-state index is 0.0195. The number of halogens is 2. The molecule has 2 aromatic carbocycles. The van der Waals surface area contributed by atoms with E-state index in [0.717, 1.165) is 68.0 Å². The van der Waals surface area contributed by atoms with Crippen LogP contribution < -0.4 is 10.1 Å². The smallest absolute Gasteiger partial charge is 0.254 e. The maximum Gasteiger partial charge on any atom is 0.254 e. The molecule has 194 valence electrons. The van der Waals surface area contributed by atoms with E-state index in [-0.39, 0.29) is 11.7 Å². The zero-order valence-corrected chi connectivity index (χ0v) is 21.3. The van der Waals surface area contributed by atoms with Crippen LogP contribution in [0.2, 0.25) is 0 Å². The molecule has 5 rings (SSSR count). The fourth-order valence-corrected chi connectivity index (χ4v) is 5.82. The van der Waals surface area contributed by atoms with Gasteiger partial charge in [-0.25, -0.2) is 8.78 Å². The van der Waals surface area contributed by atoms with E-state index in [4.69, 9.17) is 4.74 Å². The molecule has 0 bridgehead atoms. The number of aryl methyl sites for hydroxylation is 1. The molecule has 2 saturated carbocycles. The molecule has 1 amide bonds. The summed E-state index contributed by atoms with van der Waals surface area (Å²) in [7, 11) is 0. The third-order valence-corrected chi connectivity index (χ3v) is 8.09. The largest absolute Gasteiger partial charge is 0.454 e. The Morgan fingerprint density at radius 3 is 2.50 bits per heavy atom. The van der Waals surface area contributed by atoms with Crippen molar-refractivity contribution in [3.05, 3.63) is 59.2 Å². The topological polar surface area (TPSA) is 41.6 Å². The number of hydrogen-bond acceptors (Lipinski definition) is 3. The highest BCUT2D eigenvalue weighted by Crippen LogP contribution is 2.32. The Kier molecular flexibility index (Phi) is 7.90. The van der Waals surface area contributed by atoms with Gasteiger partial charge in [-0.05, 0) is 99.5 Å². The molecule has 1 N–H and O–H groups in total. The van der Waals surface area contributed by atoms with Gasteiger partial charge in [0.15, 0.2) is 11.6 Å². The lowest BCUT2D eigenvalue weighted by Crippen LogP contribution is -2.35. The molecule has 0 spiro atoms. The van der Waals surface area contributed by atoms with Crippen LogP contribution in [0.4, 0.5) is 8.78 Å². The minimum Gasteiger partial charge on any atom is -0.454 e. The molecule has 2 aliphatic carbocycles. The van der Waals surface area contributed by atoms with Gasteiger partial charge in [-0.3, -0.25) is 4.79 Å². The van der Waals surface area contributed by atoms with Crippen molar-refractivity contribution in [2.75, 3.05) is 13.1 Å². The summed E-state index contributed by atoms with van der Waals surface area (Å²) in [5, 5.41) is 3.79. The fraction of sp³-hybridized carbons (Fsp3) is 0.567. The molecule has 1 unspecified atom stereocenters. The average molecular weight is 497 g/mol. The number of hydrogen-bond donors (Lipinski definition) is 1. The predicted molar refractivity (Wildman–Crippen MR) is 137 cm³/mol. The third kappa shape index (κ3) is 6.44. The minimum atomic E-state index is -0.764. The van der Waals surface area contributed by atoms with Crippen LogP contribution in [-0.2, 0) is 6.42 Å². The summed E-state index contributed by atoms with van der Waals surface area (Å²) < 4.78 is 32.9. The van der Waals surface area contributed by atoms with Crippen molar-refractivity contribution < 1.29 is 18.3 Å². The van der Waals surface area contributed by atoms with Crippen LogP contribution in [0.15, 0.2) is 36.4 Å². The van der Waals surface area contributed by atoms with Crippen LogP contribution >= 0.6 is 0 Å². The second-order valence-electron chi connectivity index (χ2n) is 11.2. The van der Waals surface area contributed by atoms with Crippen LogP contribution in [0.5, 0.6) is 11.5 Å². The highest BCUT2D eigenvalue weighted by molar-refractivity contribution is 5.96. The lowest BCUT2D eigenvalue weighted by atomic mass is 9.82. The van der Waals surface area contributed by atoms with E-state index in [9.17, 15) is 13.6 Å². The first-order valence-electron chi connectivity index (χ1n) is 13.8. The number of nitrogens with one attached hydrogen (secondary N) is 1. The van der Waals surface area contributed by atoms with E-state index in [2.05, 4.69) is 12.2 Å². The summed E-state index contributed by atoms with van der Waals surface area (Å²) in [4.78, 5) is 15.4. The van der Waals surface area contributed by atoms with Crippen molar-refractivity contribution in [1.29, 1.82) is 0 Å². The zero-order valence-electron chi connectivity index (χ0n) is 21.3. The summed E-state index contributed by atoms with van der Waals surface area (Å²) in [5.74, 6) is 0.197. The van der Waals surface area contributed by atoms with Crippen molar-refractivity contribution in [3.8, 4) is 11.5 Å². The number of nitrogens with zero attached hydrogens (tertiary/aromatic N) is 1. The van der Waals surface area contributed by atoms with Gasteiger partial charge in [0.25, 0.3) is 5.91 Å². The Bertz CT molecular complexity index is 1060. The highest BCUT2D eigenvalue weighted by Gasteiger charge is 2.28. The van der Waals surface area contributed by atoms with E-state index in [0.29, 0.717) is 17.2 Å². The molecule has 0 aromatic heterocycles. The molecule has 0 radical (unpaired) electrons. The lowest BCUT2D eigenvalue weighted by Gasteiger charge is -2.30. The molecule has 36 heavy (non-hydrogen) atoms. The Labute approximate surface area is 213 Å². The number of carbonyl (C=O) groups excluding carboxylic acids is 1. The number of fused-ring (bicyclic) bond motifs is 1. The summed E-state index contributed by atoms with van der Waals surface area (Å²) in [6.45, 7) is 3.77. The Hall–Kier alpha value is -2.47. The second-order valence-corrected chi connectivity index (χ2v) is 11.2. The molecular weight excluding hydrogens is 458 g/mol. The normalized spacial score (nSPS) is 23.2. The molecule has 4 nitrogen and oxygen atoms in total. The van der Waals surface area contributed by atoms with Gasteiger partial charge in [-0.15, -0.1) is 0 Å². The first-order valence-corrected chi connectivity index (χ1v) is 13.8. The number of carbonyl (C=O) groups is 1. The second kappa shape index (κ2) is 11.3. The summed E-state index contributed by atoms with van der Waals surface area (Å²) in [6.07, 6.45) is 12.1. The quantitative estimate of drug-likeness (QED) is 0.412. The molecular formula is C30H38F2N2O2. The lowest BCUT2D eigenvalue weighted by molar-refractivity contribution is 0.0732. The van der Waals surface area contributed by atoms with Crippen LogP contribution in [0, 0.1) is 23.5 Å². The Balaban J connectivity index is 1.15. The van der Waals surface area contributed by atoms with Crippen molar-refractivity contribution in [1.82, 2.24) is 10.2 Å². The standard InChI is InChI=1S/C30H38F2N2O2/c1-20(4-5-21-6-10-24(11-7-21)33-25-12-13-25)19-34-16-2-3-22-8-14-26(18-27(22)30(34)35)36-29-15-9-23(31)17-28(29)32/h8-9,14-15,17-18,20-21,24-25,33H,2-7,10-13,16,19H2,1H3. The fourth-order valence-electron chi connectivity index (χ4n) is 5.82. The van der Waals surface area contributed by atoms with Crippen LogP contribution in [0.3, 0.4) is 0 Å². The third-order valence-electron chi connectivity index (χ3n) is 8.09. The first-order chi connectivity index (χ1) is 17.4. The molecule has 1 aliphatic heterocycles. The molecule has 2 aromatic rings. The molecule has 2 fully saturated rings. The maximum absolute atomic E-state index is 14.1. The van der Waals surface area contributed by atoms with E-state index < -0.39 is 11.6 Å². The van der Waals surface area contributed by atoms with Gasteiger partial charge in [0, 0.05) is 36.8 Å². The van der Waals surface area contributed by atoms with Crippen LogP contribution in [-0.4, -0.2) is 36.0 Å². The van der Waals surface area contributed by atoms with Gasteiger partial charge >= 0.3 is 0 Å². The van der Waals surface area contributed by atoms with E-state index in [1.807, 2.05) is 11.0 Å². The maximum atomic E-state index is 14.1. The summed E-state index contributed by atoms with van der Waals surface area (Å²) >= 11 is 0. The van der Waals surface area contributed by atoms with Gasteiger partial charge in [0.2, 0.25) is 0 Å². The van der Waals surface area contributed by atoms with Crippen molar-refractivity contribution in [2.45, 2.75) is 83.2 Å². The molecule has 6 heteroatoms. The monoisotopic (exact) mass is 496 g/mol. The van der Waals surface area contributed by atoms with Crippen molar-refractivity contribution in [3.63, 3.8) is 0 Å².